The van der Waals surface area contributed by atoms with E-state index in [0.29, 0.717) is 0 Å². The molecule has 0 nitrogen and oxygen atoms in total. The summed E-state index contributed by atoms with van der Waals surface area (Å²) in [6.45, 7) is 49.2. The van der Waals surface area contributed by atoms with Crippen LogP contribution in [0, 0.1) is 69.2 Å². The molecule has 2 aromatic rings. The molecular weight excluding hydrogens is 953 g/mol. The average Bonchev–Trinajstić information content (AvgIpc) is 3.04. The van der Waals surface area contributed by atoms with Gasteiger partial charge >= 0.3 is 39.6 Å². The van der Waals surface area contributed by atoms with E-state index in [9.17, 15) is 0 Å². The van der Waals surface area contributed by atoms with E-state index in [0.717, 1.165) is 0 Å². The van der Waals surface area contributed by atoms with Gasteiger partial charge in [-0.25, -0.2) is 34.6 Å². The third-order valence-electron chi connectivity index (χ3n) is 5.62. The van der Waals surface area contributed by atoms with Gasteiger partial charge in [0.25, 0.3) is 0 Å². The fraction of sp³-hybridized carbons (Fsp3) is 0.688. The fourth-order valence-electron chi connectivity index (χ4n) is 2.81. The Morgan fingerprint density at radius 3 is 0.525 bits per heavy atom. The molecule has 0 heterocycles. The molecule has 0 aliphatic rings. The smallest absolute Gasteiger partial charge is 1.00 e. The number of rotatable bonds is 0. The van der Waals surface area contributed by atoms with E-state index >= 15 is 0 Å². The maximum atomic E-state index is 3.67. The number of hydrogen-bond acceptors (Lipinski definition) is 2. The van der Waals surface area contributed by atoms with Gasteiger partial charge in [0, 0.05) is 80.0 Å². The van der Waals surface area contributed by atoms with E-state index in [-0.39, 0.29) is 71.3 Å². The maximum Gasteiger partial charge on any atom is 7.00 e. The molecule has 236 valence electrons. The molecule has 0 saturated carbocycles. The molecule has 40 heavy (non-hydrogen) atoms. The minimum atomic E-state index is 0. The van der Waals surface area contributed by atoms with E-state index in [2.05, 4.69) is 173 Å². The van der Waals surface area contributed by atoms with Crippen molar-refractivity contribution in [3.63, 3.8) is 0 Å². The predicted octanol–water partition coefficient (Wildman–Crippen LogP) is 10.2. The Morgan fingerprint density at radius 1 is 0.375 bits per heavy atom. The van der Waals surface area contributed by atoms with Crippen molar-refractivity contribution in [1.82, 2.24) is 0 Å². The Bertz CT molecular complexity index is 574. The quantitative estimate of drug-likeness (QED) is 0.112. The van der Waals surface area contributed by atoms with Crippen LogP contribution in [0.1, 0.15) is 55.6 Å². The van der Waals surface area contributed by atoms with Crippen molar-refractivity contribution in [1.29, 1.82) is 0 Å². The first kappa shape index (κ1) is 58.0. The Hall–Kier alpha value is 2.39. The SMILES string of the molecule is C[PH+](C)C.C[PH+](C)C.C[PH+](C)C.C[PH+](C)C.C[c-]1[c-](C)[c-](C)[c-](C)[c-]1C.Cc1c(C)c(C)[c-](C)c1C.[Os+7].[Os+7].[S-][S-]. The van der Waals surface area contributed by atoms with Crippen LogP contribution in [0.2, 0.25) is 0 Å². The van der Waals surface area contributed by atoms with Crippen LogP contribution in [0.25, 0.3) is 0 Å². The zero-order chi connectivity index (χ0) is 32.1. The molecule has 0 atom stereocenters. The summed E-state index contributed by atoms with van der Waals surface area (Å²) >= 11 is 7.33. The van der Waals surface area contributed by atoms with Crippen molar-refractivity contribution in [3.8, 4) is 0 Å². The second-order valence-electron chi connectivity index (χ2n) is 12.2. The zero-order valence-corrected chi connectivity index (χ0v) is 41.2. The molecule has 0 spiro atoms. The summed E-state index contributed by atoms with van der Waals surface area (Å²) < 4.78 is 0. The van der Waals surface area contributed by atoms with Gasteiger partial charge in [-0.3, -0.25) is 0 Å². The zero-order valence-electron chi connectivity index (χ0n) is 30.5. The van der Waals surface area contributed by atoms with Crippen LogP contribution in [-0.2, 0) is 62.9 Å². The minimum Gasteiger partial charge on any atom is -1.00 e. The van der Waals surface area contributed by atoms with Gasteiger partial charge in [0.2, 0.25) is 0 Å². The molecule has 0 unspecified atom stereocenters. The maximum absolute atomic E-state index is 3.67. The van der Waals surface area contributed by atoms with Crippen molar-refractivity contribution in [3.05, 3.63) is 55.6 Å². The van der Waals surface area contributed by atoms with Gasteiger partial charge in [0.1, 0.15) is 0 Å². The summed E-state index contributed by atoms with van der Waals surface area (Å²) in [5, 5.41) is 0. The van der Waals surface area contributed by atoms with Crippen LogP contribution in [0.4, 0.5) is 0 Å². The van der Waals surface area contributed by atoms with Crippen molar-refractivity contribution >= 4 is 55.0 Å². The van der Waals surface area contributed by atoms with Crippen LogP contribution in [0.3, 0.4) is 0 Å². The van der Waals surface area contributed by atoms with Gasteiger partial charge in [-0.15, -0.1) is 0 Å². The topological polar surface area (TPSA) is 0 Å². The second kappa shape index (κ2) is 34.3. The summed E-state index contributed by atoms with van der Waals surface area (Å²) in [6, 6.07) is 0. The predicted molar refractivity (Wildman–Crippen MR) is 211 cm³/mol. The van der Waals surface area contributed by atoms with Crippen LogP contribution >= 0.6 is 31.7 Å². The first-order valence-corrected chi connectivity index (χ1v) is 27.0. The molecule has 0 aromatic heterocycles. The normalized spacial score (nSPS) is 9.00. The molecule has 0 N–H and O–H groups in total. The molecule has 0 bridgehead atoms. The Kier molecular flexibility index (Phi) is 49.7. The molecule has 0 amide bonds. The van der Waals surface area contributed by atoms with E-state index in [1.807, 2.05) is 0 Å². The van der Waals surface area contributed by atoms with E-state index in [1.54, 1.807) is 0 Å². The molecule has 2 aromatic carbocycles. The molecule has 0 aliphatic heterocycles. The summed E-state index contributed by atoms with van der Waals surface area (Å²) in [7, 11) is 0.481. The third kappa shape index (κ3) is 34.9. The number of hydrogen-bond donors (Lipinski definition) is 0. The van der Waals surface area contributed by atoms with Gasteiger partial charge in [-0.1, -0.05) is 34.6 Å². The van der Waals surface area contributed by atoms with E-state index in [4.69, 9.17) is 0 Å². The largest absolute Gasteiger partial charge is 7.00 e. The van der Waals surface area contributed by atoms with Crippen molar-refractivity contribution in [2.24, 2.45) is 0 Å². The summed E-state index contributed by atoms with van der Waals surface area (Å²) in [5.74, 6) is 0. The molecule has 0 fully saturated rings. The van der Waals surface area contributed by atoms with Gasteiger partial charge in [-0.2, -0.15) is 27.8 Å². The van der Waals surface area contributed by atoms with Crippen molar-refractivity contribution in [2.75, 3.05) is 80.0 Å². The van der Waals surface area contributed by atoms with E-state index in [1.165, 1.54) is 55.6 Å². The monoisotopic (exact) mass is 1030 g/mol. The average molecular weight is 1020 g/mol. The van der Waals surface area contributed by atoms with Crippen LogP contribution in [-0.4, -0.2) is 80.0 Å². The van der Waals surface area contributed by atoms with Crippen molar-refractivity contribution in [2.45, 2.75) is 69.2 Å². The Morgan fingerprint density at radius 2 is 0.475 bits per heavy atom. The van der Waals surface area contributed by atoms with Crippen LogP contribution in [0.5, 0.6) is 0 Å². The fourth-order valence-corrected chi connectivity index (χ4v) is 2.81. The standard InChI is InChI=1S/2C10H15.4C3H9P.2Os.S2/c2*1-6-7(2)9(4)10(5)8(6)3;4*1-4(2)3;;;1-2/h2*1-5H3;4*1-3H3;;;/q-5;-1;;;;;2*+7;-2/p+4. The van der Waals surface area contributed by atoms with Crippen LogP contribution < -0.4 is 0 Å². The Balaban J connectivity index is -0.0000000677. The van der Waals surface area contributed by atoms with E-state index < -0.39 is 0 Å². The summed E-state index contributed by atoms with van der Waals surface area (Å²) in [4.78, 5) is 0. The summed E-state index contributed by atoms with van der Waals surface area (Å²) in [6.07, 6.45) is 0. The Labute approximate surface area is 297 Å². The molecular formula is C32H70Os2P4S2+10. The molecule has 2 rings (SSSR count). The molecule has 0 aliphatic carbocycles. The first-order valence-electron chi connectivity index (χ1n) is 13.7. The summed E-state index contributed by atoms with van der Waals surface area (Å²) in [5.41, 5.74) is 14.7. The first-order chi connectivity index (χ1) is 17.0. The van der Waals surface area contributed by atoms with Gasteiger partial charge in [-0.05, 0) is 31.7 Å². The molecule has 8 heteroatoms. The second-order valence-corrected chi connectivity index (χ2v) is 24.2. The third-order valence-corrected chi connectivity index (χ3v) is 5.62. The molecule has 2 radical (unpaired) electrons. The van der Waals surface area contributed by atoms with Crippen LogP contribution in [0.15, 0.2) is 0 Å². The molecule has 0 saturated heterocycles. The van der Waals surface area contributed by atoms with Crippen molar-refractivity contribution < 1.29 is 39.6 Å². The minimum absolute atomic E-state index is 0. The van der Waals surface area contributed by atoms with Gasteiger partial charge in [0.05, 0.1) is 0 Å². The van der Waals surface area contributed by atoms with Gasteiger partial charge < -0.3 is 51.1 Å². The van der Waals surface area contributed by atoms with Gasteiger partial charge in [0.15, 0.2) is 0 Å².